The van der Waals surface area contributed by atoms with Crippen molar-refractivity contribution in [2.45, 2.75) is 19.9 Å². The third-order valence-corrected chi connectivity index (χ3v) is 4.24. The van der Waals surface area contributed by atoms with Gasteiger partial charge in [-0.15, -0.1) is 0 Å². The Morgan fingerprint density at radius 3 is 2.40 bits per heavy atom. The topological polar surface area (TPSA) is 12.0 Å². The van der Waals surface area contributed by atoms with E-state index in [2.05, 4.69) is 40.3 Å². The molecule has 0 heterocycles. The zero-order valence-corrected chi connectivity index (χ0v) is 13.9. The van der Waals surface area contributed by atoms with Gasteiger partial charge in [0.05, 0.1) is 6.04 Å². The van der Waals surface area contributed by atoms with Crippen molar-refractivity contribution in [3.05, 3.63) is 67.9 Å². The van der Waals surface area contributed by atoms with E-state index in [1.54, 1.807) is 13.0 Å². The summed E-state index contributed by atoms with van der Waals surface area (Å²) >= 11 is 9.68. The third-order valence-electron chi connectivity index (χ3n) is 3.42. The van der Waals surface area contributed by atoms with Crippen LogP contribution in [-0.2, 0) is 0 Å². The fourth-order valence-corrected chi connectivity index (χ4v) is 3.08. The van der Waals surface area contributed by atoms with Crippen molar-refractivity contribution in [3.63, 3.8) is 0 Å². The summed E-state index contributed by atoms with van der Waals surface area (Å²) in [6.45, 7) is 3.80. The highest BCUT2D eigenvalue weighted by Crippen LogP contribution is 2.32. The number of benzene rings is 2. The van der Waals surface area contributed by atoms with E-state index in [4.69, 9.17) is 11.6 Å². The van der Waals surface area contributed by atoms with Crippen molar-refractivity contribution < 1.29 is 4.39 Å². The van der Waals surface area contributed by atoms with E-state index in [0.717, 1.165) is 21.2 Å². The number of nitrogens with one attached hydrogen (secondary N) is 1. The standard InChI is InChI=1S/C16H16BrClFN/c1-9-6-11(17)4-5-12(9)16(20-3)13-7-10(2)15(19)8-14(13)18/h4-8,16,20H,1-3H3. The molecule has 2 aromatic carbocycles. The summed E-state index contributed by atoms with van der Waals surface area (Å²) in [6.07, 6.45) is 0. The molecule has 0 aliphatic rings. The SMILES string of the molecule is CNC(c1ccc(Br)cc1C)c1cc(C)c(F)cc1Cl. The molecule has 2 aromatic rings. The molecule has 0 bridgehead atoms. The van der Waals surface area contributed by atoms with E-state index in [9.17, 15) is 4.39 Å². The van der Waals surface area contributed by atoms with Crippen molar-refractivity contribution in [2.24, 2.45) is 0 Å². The summed E-state index contributed by atoms with van der Waals surface area (Å²) in [7, 11) is 1.88. The molecule has 1 nitrogen and oxygen atoms in total. The molecule has 2 rings (SSSR count). The van der Waals surface area contributed by atoms with Crippen molar-refractivity contribution >= 4 is 27.5 Å². The number of hydrogen-bond donors (Lipinski definition) is 1. The van der Waals surface area contributed by atoms with Gasteiger partial charge in [0.1, 0.15) is 5.82 Å². The second-order valence-electron chi connectivity index (χ2n) is 4.85. The van der Waals surface area contributed by atoms with E-state index in [1.807, 2.05) is 13.1 Å². The summed E-state index contributed by atoms with van der Waals surface area (Å²) in [4.78, 5) is 0. The molecule has 0 aromatic heterocycles. The van der Waals surface area contributed by atoms with Crippen LogP contribution in [0.1, 0.15) is 28.3 Å². The van der Waals surface area contributed by atoms with Gasteiger partial charge in [-0.25, -0.2) is 4.39 Å². The molecule has 0 radical (unpaired) electrons. The normalized spacial score (nSPS) is 12.5. The van der Waals surface area contributed by atoms with Gasteiger partial charge >= 0.3 is 0 Å². The van der Waals surface area contributed by atoms with Crippen molar-refractivity contribution in [1.29, 1.82) is 0 Å². The molecular weight excluding hydrogens is 341 g/mol. The largest absolute Gasteiger partial charge is 0.309 e. The molecule has 20 heavy (non-hydrogen) atoms. The van der Waals surface area contributed by atoms with Crippen LogP contribution < -0.4 is 5.32 Å². The molecule has 1 atom stereocenters. The zero-order chi connectivity index (χ0) is 14.9. The first-order valence-electron chi connectivity index (χ1n) is 6.33. The molecule has 0 aliphatic carbocycles. The molecule has 0 aliphatic heterocycles. The van der Waals surface area contributed by atoms with Gasteiger partial charge in [0.2, 0.25) is 0 Å². The Balaban J connectivity index is 2.55. The molecule has 0 saturated heterocycles. The lowest BCUT2D eigenvalue weighted by molar-refractivity contribution is 0.614. The second kappa shape index (κ2) is 6.25. The van der Waals surface area contributed by atoms with E-state index in [-0.39, 0.29) is 11.9 Å². The van der Waals surface area contributed by atoms with Crippen molar-refractivity contribution in [1.82, 2.24) is 5.32 Å². The minimum atomic E-state index is -0.277. The van der Waals surface area contributed by atoms with Crippen LogP contribution in [0.25, 0.3) is 0 Å². The lowest BCUT2D eigenvalue weighted by Crippen LogP contribution is -2.19. The van der Waals surface area contributed by atoms with Crippen LogP contribution in [-0.4, -0.2) is 7.05 Å². The average Bonchev–Trinajstić information content (AvgIpc) is 2.38. The third kappa shape index (κ3) is 3.05. The molecule has 0 amide bonds. The number of hydrogen-bond acceptors (Lipinski definition) is 1. The highest BCUT2D eigenvalue weighted by atomic mass is 79.9. The van der Waals surface area contributed by atoms with Crippen LogP contribution >= 0.6 is 27.5 Å². The molecular formula is C16H16BrClFN. The lowest BCUT2D eigenvalue weighted by Gasteiger charge is -2.21. The van der Waals surface area contributed by atoms with Gasteiger partial charge in [0.15, 0.2) is 0 Å². The van der Waals surface area contributed by atoms with E-state index in [0.29, 0.717) is 10.6 Å². The van der Waals surface area contributed by atoms with Crippen molar-refractivity contribution in [2.75, 3.05) is 7.05 Å². The molecule has 1 N–H and O–H groups in total. The van der Waals surface area contributed by atoms with E-state index < -0.39 is 0 Å². The molecule has 4 heteroatoms. The molecule has 0 fully saturated rings. The van der Waals surface area contributed by atoms with E-state index in [1.165, 1.54) is 6.07 Å². The Labute approximate surface area is 132 Å². The fourth-order valence-electron chi connectivity index (χ4n) is 2.34. The van der Waals surface area contributed by atoms with Crippen LogP contribution in [0.5, 0.6) is 0 Å². The van der Waals surface area contributed by atoms with Gasteiger partial charge in [-0.1, -0.05) is 33.6 Å². The van der Waals surface area contributed by atoms with Crippen LogP contribution in [0.3, 0.4) is 0 Å². The fraction of sp³-hybridized carbons (Fsp3) is 0.250. The van der Waals surface area contributed by atoms with Gasteiger partial charge in [0.25, 0.3) is 0 Å². The van der Waals surface area contributed by atoms with E-state index >= 15 is 0 Å². The Morgan fingerprint density at radius 2 is 1.80 bits per heavy atom. The molecule has 0 saturated carbocycles. The van der Waals surface area contributed by atoms with Gasteiger partial charge in [-0.05, 0) is 67.4 Å². The van der Waals surface area contributed by atoms with Crippen LogP contribution in [0.4, 0.5) is 4.39 Å². The first kappa shape index (κ1) is 15.5. The average molecular weight is 357 g/mol. The number of aryl methyl sites for hydroxylation is 2. The highest BCUT2D eigenvalue weighted by Gasteiger charge is 2.18. The van der Waals surface area contributed by atoms with Gasteiger partial charge in [0, 0.05) is 9.50 Å². The smallest absolute Gasteiger partial charge is 0.127 e. The second-order valence-corrected chi connectivity index (χ2v) is 6.17. The summed E-state index contributed by atoms with van der Waals surface area (Å²) < 4.78 is 14.6. The lowest BCUT2D eigenvalue weighted by atomic mass is 9.94. The Kier molecular flexibility index (Phi) is 4.84. The van der Waals surface area contributed by atoms with Gasteiger partial charge < -0.3 is 5.32 Å². The van der Waals surface area contributed by atoms with Crippen LogP contribution in [0.15, 0.2) is 34.8 Å². The monoisotopic (exact) mass is 355 g/mol. The molecule has 0 spiro atoms. The minimum Gasteiger partial charge on any atom is -0.309 e. The number of halogens is 3. The first-order chi connectivity index (χ1) is 9.43. The molecule has 1 unspecified atom stereocenters. The summed E-state index contributed by atoms with van der Waals surface area (Å²) in [5, 5.41) is 3.70. The molecule has 106 valence electrons. The van der Waals surface area contributed by atoms with Gasteiger partial charge in [-0.2, -0.15) is 0 Å². The maximum atomic E-state index is 13.6. The first-order valence-corrected chi connectivity index (χ1v) is 7.50. The maximum Gasteiger partial charge on any atom is 0.127 e. The van der Waals surface area contributed by atoms with Crippen molar-refractivity contribution in [3.8, 4) is 0 Å². The minimum absolute atomic E-state index is 0.0603. The summed E-state index contributed by atoms with van der Waals surface area (Å²) in [6, 6.07) is 9.23. The summed E-state index contributed by atoms with van der Waals surface area (Å²) in [5.41, 5.74) is 3.76. The number of rotatable bonds is 3. The zero-order valence-electron chi connectivity index (χ0n) is 11.6. The Morgan fingerprint density at radius 1 is 1.10 bits per heavy atom. The predicted octanol–water partition coefficient (Wildman–Crippen LogP) is 5.17. The Hall–Kier alpha value is -0.900. The predicted molar refractivity (Wildman–Crippen MR) is 85.9 cm³/mol. The quantitative estimate of drug-likeness (QED) is 0.800. The highest BCUT2D eigenvalue weighted by molar-refractivity contribution is 9.10. The Bertz CT molecular complexity index is 643. The maximum absolute atomic E-state index is 13.6. The van der Waals surface area contributed by atoms with Gasteiger partial charge in [-0.3, -0.25) is 0 Å². The summed E-state index contributed by atoms with van der Waals surface area (Å²) in [5.74, 6) is -0.277. The van der Waals surface area contributed by atoms with Crippen LogP contribution in [0, 0.1) is 19.7 Å². The van der Waals surface area contributed by atoms with Crippen LogP contribution in [0.2, 0.25) is 5.02 Å².